The van der Waals surface area contributed by atoms with Gasteiger partial charge in [0.05, 0.1) is 23.2 Å². The van der Waals surface area contributed by atoms with Gasteiger partial charge >= 0.3 is 12.3 Å². The molecule has 66 heavy (non-hydrogen) atoms. The molecule has 1 unspecified atom stereocenters. The van der Waals surface area contributed by atoms with Crippen molar-refractivity contribution in [2.45, 2.75) is 56.8 Å². The van der Waals surface area contributed by atoms with Crippen LogP contribution in [0.4, 0.5) is 18.0 Å². The number of aromatic hydroxyl groups is 1. The zero-order valence-corrected chi connectivity index (χ0v) is 36.2. The Balaban J connectivity index is 0.900. The predicted molar refractivity (Wildman–Crippen MR) is 243 cm³/mol. The van der Waals surface area contributed by atoms with Crippen molar-refractivity contribution < 1.29 is 42.4 Å². The number of carbonyl (C=O) groups is 2. The van der Waals surface area contributed by atoms with E-state index < -0.39 is 35.5 Å². The zero-order chi connectivity index (χ0) is 46.2. The molecule has 15 heteroatoms. The Morgan fingerprint density at radius 1 is 0.864 bits per heavy atom. The summed E-state index contributed by atoms with van der Waals surface area (Å²) in [5.41, 5.74) is 2.65. The fourth-order valence-electron chi connectivity index (χ4n) is 8.83. The summed E-state index contributed by atoms with van der Waals surface area (Å²) in [5.74, 6) is 0.455. The Kier molecular flexibility index (Phi) is 14.4. The Morgan fingerprint density at radius 3 is 2.36 bits per heavy atom. The van der Waals surface area contributed by atoms with Crippen molar-refractivity contribution in [1.29, 1.82) is 0 Å². The van der Waals surface area contributed by atoms with Crippen LogP contribution in [0.2, 0.25) is 0 Å². The first-order valence-corrected chi connectivity index (χ1v) is 22.1. The SMILES string of the molecule is O=C(NC(c1ccccc1)c1cccc(OCc2ccc(C(=O)N(CCCNC[C@@H](O)c3ccc(O)c4[nH]c(=O)ccc34)Cc3cccc(C(F)(F)F)c3)cc2)c1)O[C@H]1CN2CCC1CC2. The number of nitrogens with zero attached hydrogens (tertiary/aromatic N) is 2. The highest BCUT2D eigenvalue weighted by Gasteiger charge is 2.37. The fraction of sp³-hybridized carbons (Fsp3) is 0.314. The predicted octanol–water partition coefficient (Wildman–Crippen LogP) is 8.10. The number of phenols is 1. The summed E-state index contributed by atoms with van der Waals surface area (Å²) in [6.45, 7) is 3.62. The number of aromatic amines is 1. The molecule has 0 radical (unpaired) electrons. The van der Waals surface area contributed by atoms with Gasteiger partial charge in [-0.3, -0.25) is 14.5 Å². The molecule has 6 aromatic rings. The summed E-state index contributed by atoms with van der Waals surface area (Å²) in [6, 6.07) is 34.2. The van der Waals surface area contributed by atoms with Crippen LogP contribution < -0.4 is 20.9 Å². The second-order valence-corrected chi connectivity index (χ2v) is 16.9. The van der Waals surface area contributed by atoms with E-state index in [2.05, 4.69) is 20.5 Å². The number of amides is 2. The number of H-pyrrole nitrogens is 1. The minimum atomic E-state index is -4.55. The lowest BCUT2D eigenvalue weighted by atomic mass is 9.86. The van der Waals surface area contributed by atoms with Crippen molar-refractivity contribution >= 4 is 22.9 Å². The number of hydrogen-bond acceptors (Lipinski definition) is 9. The van der Waals surface area contributed by atoms with Gasteiger partial charge in [0.1, 0.15) is 24.2 Å². The lowest BCUT2D eigenvalue weighted by Crippen LogP contribution is -2.52. The maximum absolute atomic E-state index is 14.0. The summed E-state index contributed by atoms with van der Waals surface area (Å²) in [6.07, 6.45) is -3.67. The average Bonchev–Trinajstić information content (AvgIpc) is 3.33. The molecule has 4 heterocycles. The molecule has 2 amide bonds. The number of pyridine rings is 1. The van der Waals surface area contributed by atoms with E-state index in [0.717, 1.165) is 61.3 Å². The van der Waals surface area contributed by atoms with Gasteiger partial charge in [-0.2, -0.15) is 13.2 Å². The summed E-state index contributed by atoms with van der Waals surface area (Å²) in [7, 11) is 0. The van der Waals surface area contributed by atoms with Crippen LogP contribution in [-0.2, 0) is 24.1 Å². The number of aliphatic hydroxyl groups excluding tert-OH is 1. The molecule has 5 N–H and O–H groups in total. The van der Waals surface area contributed by atoms with E-state index in [9.17, 15) is 37.8 Å². The molecule has 3 fully saturated rings. The zero-order valence-electron chi connectivity index (χ0n) is 36.2. The number of nitrogens with one attached hydrogen (secondary N) is 3. The third-order valence-corrected chi connectivity index (χ3v) is 12.3. The quantitative estimate of drug-likeness (QED) is 0.0571. The van der Waals surface area contributed by atoms with E-state index in [4.69, 9.17) is 9.47 Å². The number of ether oxygens (including phenoxy) is 2. The molecule has 9 rings (SSSR count). The van der Waals surface area contributed by atoms with Crippen molar-refractivity contribution in [3.05, 3.63) is 177 Å². The third kappa shape index (κ3) is 11.4. The van der Waals surface area contributed by atoms with Crippen LogP contribution in [0, 0.1) is 5.92 Å². The summed E-state index contributed by atoms with van der Waals surface area (Å²) in [4.78, 5) is 45.6. The van der Waals surface area contributed by atoms with Gasteiger partial charge in [-0.05, 0) is 121 Å². The Hall–Kier alpha value is -6.68. The normalized spacial score (nSPS) is 17.8. The van der Waals surface area contributed by atoms with Crippen LogP contribution in [0.25, 0.3) is 10.9 Å². The standard InChI is InChI=1S/C51H52F3N5O7/c52-51(53,54)39-11-4-7-34(27-39)30-59(24-6-23-55-29-44(61)41-17-19-43(60)48-42(41)18-20-46(62)56-48)49(63)37-15-13-33(14-16-37)32-65-40-12-5-10-38(28-40)47(36-8-2-1-3-9-36)57-50(64)66-45-31-58-25-21-35(45)22-26-58/h1-5,7-20,27-28,35,44-45,47,55,60-61H,6,21-26,29-32H2,(H,56,62)(H,57,64)/t44-,45+,47?/m1/s1. The number of alkyl carbamates (subject to hydrolysis) is 1. The van der Waals surface area contributed by atoms with E-state index >= 15 is 0 Å². The van der Waals surface area contributed by atoms with E-state index in [1.165, 1.54) is 29.2 Å². The van der Waals surface area contributed by atoms with Gasteiger partial charge in [0.25, 0.3) is 5.91 Å². The van der Waals surface area contributed by atoms with E-state index in [1.54, 1.807) is 36.4 Å². The van der Waals surface area contributed by atoms with Crippen LogP contribution in [0.1, 0.15) is 75.1 Å². The largest absolute Gasteiger partial charge is 0.506 e. The second kappa shape index (κ2) is 20.7. The van der Waals surface area contributed by atoms with Crippen LogP contribution in [0.5, 0.6) is 11.5 Å². The van der Waals surface area contributed by atoms with E-state index in [1.807, 2.05) is 54.6 Å². The number of aromatic nitrogens is 1. The number of halogens is 3. The maximum atomic E-state index is 14.0. The number of fused-ring (bicyclic) bond motifs is 4. The minimum absolute atomic E-state index is 0.0689. The number of carbonyl (C=O) groups excluding carboxylic acids is 2. The number of hydrogen-bond donors (Lipinski definition) is 5. The lowest BCUT2D eigenvalue weighted by molar-refractivity contribution is -0.137. The molecular formula is C51H52F3N5O7. The van der Waals surface area contributed by atoms with Crippen molar-refractivity contribution in [2.75, 3.05) is 39.3 Å². The van der Waals surface area contributed by atoms with Gasteiger partial charge in [-0.1, -0.05) is 72.8 Å². The number of benzene rings is 5. The Labute approximate surface area is 380 Å². The molecule has 3 aliphatic rings. The molecule has 3 saturated heterocycles. The Morgan fingerprint density at radius 2 is 1.62 bits per heavy atom. The van der Waals surface area contributed by atoms with Gasteiger partial charge in [-0.15, -0.1) is 0 Å². The molecule has 5 aromatic carbocycles. The topological polar surface area (TPSA) is 156 Å². The van der Waals surface area contributed by atoms with Crippen molar-refractivity contribution in [3.8, 4) is 11.5 Å². The van der Waals surface area contributed by atoms with E-state index in [0.29, 0.717) is 46.7 Å². The first kappa shape index (κ1) is 45.9. The highest BCUT2D eigenvalue weighted by molar-refractivity contribution is 5.94. The van der Waals surface area contributed by atoms with Crippen molar-refractivity contribution in [2.24, 2.45) is 5.92 Å². The van der Waals surface area contributed by atoms with Crippen LogP contribution in [0.15, 0.2) is 132 Å². The minimum Gasteiger partial charge on any atom is -0.506 e. The highest BCUT2D eigenvalue weighted by Crippen LogP contribution is 2.33. The number of rotatable bonds is 17. The van der Waals surface area contributed by atoms with Gasteiger partial charge in [0, 0.05) is 43.2 Å². The molecule has 0 spiro atoms. The first-order valence-electron chi connectivity index (χ1n) is 22.1. The van der Waals surface area contributed by atoms with Gasteiger partial charge in [0.15, 0.2) is 0 Å². The van der Waals surface area contributed by atoms with Crippen LogP contribution >= 0.6 is 0 Å². The Bertz CT molecular complexity index is 2670. The molecule has 3 aliphatic heterocycles. The first-order chi connectivity index (χ1) is 31.9. The number of alkyl halides is 3. The van der Waals surface area contributed by atoms with E-state index in [-0.39, 0.29) is 49.5 Å². The highest BCUT2D eigenvalue weighted by atomic mass is 19.4. The van der Waals surface area contributed by atoms with Crippen LogP contribution in [-0.4, -0.2) is 82.4 Å². The van der Waals surface area contributed by atoms with Crippen molar-refractivity contribution in [1.82, 2.24) is 25.4 Å². The molecule has 12 nitrogen and oxygen atoms in total. The second-order valence-electron chi connectivity index (χ2n) is 16.9. The summed E-state index contributed by atoms with van der Waals surface area (Å²) < 4.78 is 53.1. The summed E-state index contributed by atoms with van der Waals surface area (Å²) >= 11 is 0. The van der Waals surface area contributed by atoms with Gasteiger partial charge in [-0.25, -0.2) is 4.79 Å². The number of phenolic OH excluding ortho intramolecular Hbond substituents is 1. The number of piperidine rings is 3. The molecule has 1 aromatic heterocycles. The van der Waals surface area contributed by atoms with Crippen LogP contribution in [0.3, 0.4) is 0 Å². The molecule has 2 bridgehead atoms. The molecular weight excluding hydrogens is 852 g/mol. The van der Waals surface area contributed by atoms with Crippen molar-refractivity contribution in [3.63, 3.8) is 0 Å². The molecule has 0 aliphatic carbocycles. The lowest BCUT2D eigenvalue weighted by Gasteiger charge is -2.43. The monoisotopic (exact) mass is 903 g/mol. The van der Waals surface area contributed by atoms with Gasteiger partial charge < -0.3 is 40.2 Å². The molecule has 344 valence electrons. The number of aliphatic hydroxyl groups is 1. The third-order valence-electron chi connectivity index (χ3n) is 12.3. The summed E-state index contributed by atoms with van der Waals surface area (Å²) in [5, 5.41) is 28.0. The molecule has 0 saturated carbocycles. The van der Waals surface area contributed by atoms with Gasteiger partial charge in [0.2, 0.25) is 5.56 Å². The average molecular weight is 904 g/mol. The molecule has 3 atom stereocenters. The smallest absolute Gasteiger partial charge is 0.416 e. The maximum Gasteiger partial charge on any atom is 0.416 e. The fourth-order valence-corrected chi connectivity index (χ4v) is 8.83.